The Hall–Kier alpha value is -7.04. The summed E-state index contributed by atoms with van der Waals surface area (Å²) >= 11 is 0. The molecule has 0 radical (unpaired) electrons. The highest BCUT2D eigenvalue weighted by atomic mass is 14.8. The second kappa shape index (κ2) is 12.4. The average Bonchev–Trinajstić information content (AvgIpc) is 3.24. The van der Waals surface area contributed by atoms with E-state index >= 15 is 0 Å². The summed E-state index contributed by atoms with van der Waals surface area (Å²) in [4.78, 5) is 19.5. The van der Waals surface area contributed by atoms with Crippen molar-refractivity contribution < 1.29 is 0 Å². The molecule has 0 atom stereocenters. The summed E-state index contributed by atoms with van der Waals surface area (Å²) in [5, 5.41) is 8.58. The van der Waals surface area contributed by atoms with Crippen molar-refractivity contribution in [3.8, 4) is 56.3 Å². The molecule has 0 aliphatic carbocycles. The number of hydrogen-bond donors (Lipinski definition) is 0. The van der Waals surface area contributed by atoms with Gasteiger partial charge < -0.3 is 0 Å². The molecular formula is C48H30N4. The summed E-state index contributed by atoms with van der Waals surface area (Å²) in [6.07, 6.45) is 3.60. The van der Waals surface area contributed by atoms with Gasteiger partial charge in [-0.2, -0.15) is 0 Å². The number of fused-ring (bicyclic) bond motifs is 8. The quantitative estimate of drug-likeness (QED) is 0.172. The van der Waals surface area contributed by atoms with Gasteiger partial charge in [-0.15, -0.1) is 0 Å². The Morgan fingerprint density at radius 3 is 1.42 bits per heavy atom. The maximum atomic E-state index is 5.34. The van der Waals surface area contributed by atoms with Crippen molar-refractivity contribution in [2.24, 2.45) is 0 Å². The highest BCUT2D eigenvalue weighted by Gasteiger charge is 2.18. The molecule has 0 saturated carbocycles. The van der Waals surface area contributed by atoms with E-state index in [-0.39, 0.29) is 0 Å². The molecule has 4 aromatic heterocycles. The molecule has 0 bridgehead atoms. The first-order valence-electron chi connectivity index (χ1n) is 17.5. The van der Waals surface area contributed by atoms with E-state index in [2.05, 4.69) is 143 Å². The summed E-state index contributed by atoms with van der Waals surface area (Å²) in [6, 6.07) is 59.6. The van der Waals surface area contributed by atoms with Crippen LogP contribution in [0.1, 0.15) is 0 Å². The Balaban J connectivity index is 1.10. The number of rotatable bonds is 5. The van der Waals surface area contributed by atoms with E-state index in [0.717, 1.165) is 61.8 Å². The van der Waals surface area contributed by atoms with Crippen molar-refractivity contribution in [3.05, 3.63) is 182 Å². The molecule has 0 spiro atoms. The van der Waals surface area contributed by atoms with Gasteiger partial charge in [-0.25, -0.2) is 9.97 Å². The van der Waals surface area contributed by atoms with Gasteiger partial charge in [0.25, 0.3) is 0 Å². The summed E-state index contributed by atoms with van der Waals surface area (Å²) in [7, 11) is 0. The van der Waals surface area contributed by atoms with Gasteiger partial charge in [0.2, 0.25) is 0 Å². The Morgan fingerprint density at radius 2 is 0.808 bits per heavy atom. The van der Waals surface area contributed by atoms with Crippen LogP contribution in [0.5, 0.6) is 0 Å². The Bertz CT molecular complexity index is 2880. The Morgan fingerprint density at radius 1 is 0.288 bits per heavy atom. The van der Waals surface area contributed by atoms with E-state index in [0.29, 0.717) is 0 Å². The smallest absolute Gasteiger partial charge is 0.0900 e. The maximum Gasteiger partial charge on any atom is 0.0900 e. The lowest BCUT2D eigenvalue weighted by atomic mass is 9.89. The molecule has 0 unspecified atom stereocenters. The van der Waals surface area contributed by atoms with Crippen LogP contribution in [-0.4, -0.2) is 19.9 Å². The van der Waals surface area contributed by atoms with Gasteiger partial charge in [-0.3, -0.25) is 9.97 Å². The minimum atomic E-state index is 0.809. The zero-order chi connectivity index (χ0) is 34.4. The lowest BCUT2D eigenvalue weighted by Crippen LogP contribution is -1.94. The zero-order valence-electron chi connectivity index (χ0n) is 28.1. The SMILES string of the molecule is c1ccc(-c2cc(-c3cccc(-c4ccc(-c5nc6ccccc6c6c7ccccc7c7ccccc7c56)cc4)c3)cc(-c3ccccn3)n2)nc1. The van der Waals surface area contributed by atoms with E-state index in [1.54, 1.807) is 12.4 Å². The standard InChI is InChI=1S/C48H30N4/c1-3-16-38-36(14-1)37-15-2-4-17-39(37)47-46(38)40-18-5-6-19-41(40)52-48(47)32-24-22-31(23-25-32)33-12-11-13-34(28-33)35-29-44(42-20-7-9-26-49-42)51-45(30-35)43-21-8-10-27-50-43/h1-30H. The minimum absolute atomic E-state index is 0.809. The van der Waals surface area contributed by atoms with Gasteiger partial charge in [0.05, 0.1) is 34.0 Å². The first-order valence-corrected chi connectivity index (χ1v) is 17.5. The number of aromatic nitrogens is 4. The normalized spacial score (nSPS) is 11.5. The Labute approximate surface area is 300 Å². The van der Waals surface area contributed by atoms with Crippen LogP contribution in [0.2, 0.25) is 0 Å². The molecule has 0 amide bonds. The highest BCUT2D eigenvalue weighted by Crippen LogP contribution is 2.43. The second-order valence-corrected chi connectivity index (χ2v) is 13.0. The molecule has 0 saturated heterocycles. The molecule has 0 aliphatic heterocycles. The van der Waals surface area contributed by atoms with Crippen molar-refractivity contribution in [1.29, 1.82) is 0 Å². The van der Waals surface area contributed by atoms with Crippen molar-refractivity contribution in [2.45, 2.75) is 0 Å². The largest absolute Gasteiger partial charge is 0.255 e. The van der Waals surface area contributed by atoms with Gasteiger partial charge in [-0.1, -0.05) is 121 Å². The van der Waals surface area contributed by atoms with Crippen LogP contribution in [0.3, 0.4) is 0 Å². The average molecular weight is 663 g/mol. The molecule has 0 N–H and O–H groups in total. The molecule has 10 aromatic rings. The summed E-state index contributed by atoms with van der Waals surface area (Å²) in [5.41, 5.74) is 10.8. The predicted octanol–water partition coefficient (Wildman–Crippen LogP) is 12.2. The fourth-order valence-corrected chi connectivity index (χ4v) is 7.52. The molecule has 0 fully saturated rings. The third-order valence-corrected chi connectivity index (χ3v) is 9.94. The van der Waals surface area contributed by atoms with Crippen LogP contribution in [0, 0.1) is 0 Å². The fourth-order valence-electron chi connectivity index (χ4n) is 7.52. The molecule has 52 heavy (non-hydrogen) atoms. The number of hydrogen-bond acceptors (Lipinski definition) is 4. The Kier molecular flexibility index (Phi) is 7.10. The van der Waals surface area contributed by atoms with E-state index in [9.17, 15) is 0 Å². The first kappa shape index (κ1) is 29.8. The second-order valence-electron chi connectivity index (χ2n) is 13.0. The molecule has 4 heterocycles. The van der Waals surface area contributed by atoms with Crippen molar-refractivity contribution >= 4 is 43.2 Å². The van der Waals surface area contributed by atoms with Gasteiger partial charge in [0, 0.05) is 34.1 Å². The zero-order valence-corrected chi connectivity index (χ0v) is 28.1. The van der Waals surface area contributed by atoms with Gasteiger partial charge in [-0.05, 0) is 92.3 Å². The molecule has 242 valence electrons. The fraction of sp³-hybridized carbons (Fsp3) is 0. The third-order valence-electron chi connectivity index (χ3n) is 9.94. The third kappa shape index (κ3) is 5.09. The summed E-state index contributed by atoms with van der Waals surface area (Å²) in [5.74, 6) is 0. The lowest BCUT2D eigenvalue weighted by molar-refractivity contribution is 1.22. The van der Waals surface area contributed by atoms with Crippen LogP contribution in [0.25, 0.3) is 99.5 Å². The number of benzene rings is 6. The van der Waals surface area contributed by atoms with Crippen LogP contribution >= 0.6 is 0 Å². The molecule has 4 nitrogen and oxygen atoms in total. The van der Waals surface area contributed by atoms with Crippen molar-refractivity contribution in [1.82, 2.24) is 19.9 Å². The lowest BCUT2D eigenvalue weighted by Gasteiger charge is -2.16. The molecule has 6 aromatic carbocycles. The van der Waals surface area contributed by atoms with Gasteiger partial charge in [0.1, 0.15) is 0 Å². The topological polar surface area (TPSA) is 51.6 Å². The first-order chi connectivity index (χ1) is 25.8. The van der Waals surface area contributed by atoms with Crippen LogP contribution in [0.15, 0.2) is 182 Å². The van der Waals surface area contributed by atoms with Crippen LogP contribution < -0.4 is 0 Å². The van der Waals surface area contributed by atoms with Crippen molar-refractivity contribution in [2.75, 3.05) is 0 Å². The number of para-hydroxylation sites is 1. The van der Waals surface area contributed by atoms with E-state index in [1.165, 1.54) is 37.7 Å². The maximum absolute atomic E-state index is 5.34. The highest BCUT2D eigenvalue weighted by molar-refractivity contribution is 6.33. The van der Waals surface area contributed by atoms with E-state index < -0.39 is 0 Å². The van der Waals surface area contributed by atoms with Gasteiger partial charge >= 0.3 is 0 Å². The predicted molar refractivity (Wildman–Crippen MR) is 215 cm³/mol. The molecular weight excluding hydrogens is 633 g/mol. The summed E-state index contributed by atoms with van der Waals surface area (Å²) < 4.78 is 0. The summed E-state index contributed by atoms with van der Waals surface area (Å²) in [6.45, 7) is 0. The van der Waals surface area contributed by atoms with Gasteiger partial charge in [0.15, 0.2) is 0 Å². The van der Waals surface area contributed by atoms with E-state index in [4.69, 9.17) is 9.97 Å². The van der Waals surface area contributed by atoms with Crippen LogP contribution in [0.4, 0.5) is 0 Å². The molecule has 4 heteroatoms. The number of pyridine rings is 4. The van der Waals surface area contributed by atoms with E-state index in [1.807, 2.05) is 36.4 Å². The molecule has 0 aliphatic rings. The number of nitrogens with zero attached hydrogens (tertiary/aromatic N) is 4. The van der Waals surface area contributed by atoms with Crippen LogP contribution in [-0.2, 0) is 0 Å². The molecule has 10 rings (SSSR count). The monoisotopic (exact) mass is 662 g/mol. The minimum Gasteiger partial charge on any atom is -0.255 e. The van der Waals surface area contributed by atoms with Crippen molar-refractivity contribution in [3.63, 3.8) is 0 Å².